The summed E-state index contributed by atoms with van der Waals surface area (Å²) in [4.78, 5) is 14.0. The summed E-state index contributed by atoms with van der Waals surface area (Å²) in [5.41, 5.74) is 0.804. The highest BCUT2D eigenvalue weighted by Gasteiger charge is 2.33. The summed E-state index contributed by atoms with van der Waals surface area (Å²) in [7, 11) is 1.60. The van der Waals surface area contributed by atoms with Gasteiger partial charge in [-0.3, -0.25) is 4.90 Å². The number of nitrogens with zero attached hydrogens (tertiary/aromatic N) is 2. The Morgan fingerprint density at radius 1 is 1.62 bits per heavy atom. The molecular formula is C16H27FN4O3. The van der Waals surface area contributed by atoms with Gasteiger partial charge in [0.1, 0.15) is 6.17 Å². The Morgan fingerprint density at radius 3 is 3.04 bits per heavy atom. The van der Waals surface area contributed by atoms with E-state index in [0.29, 0.717) is 38.4 Å². The van der Waals surface area contributed by atoms with Crippen molar-refractivity contribution in [3.05, 3.63) is 17.5 Å². The first kappa shape index (κ1) is 18.7. The van der Waals surface area contributed by atoms with Gasteiger partial charge in [0.15, 0.2) is 5.76 Å². The van der Waals surface area contributed by atoms with E-state index in [0.717, 1.165) is 12.1 Å². The Balaban J connectivity index is 1.82. The van der Waals surface area contributed by atoms with Crippen LogP contribution in [0, 0.1) is 6.92 Å². The van der Waals surface area contributed by atoms with E-state index < -0.39 is 6.17 Å². The van der Waals surface area contributed by atoms with Crippen molar-refractivity contribution >= 4 is 6.03 Å². The Bertz CT molecular complexity index is 525. The average molecular weight is 342 g/mol. The highest BCUT2D eigenvalue weighted by Crippen LogP contribution is 2.22. The molecular weight excluding hydrogens is 315 g/mol. The predicted octanol–water partition coefficient (Wildman–Crippen LogP) is 1.62. The van der Waals surface area contributed by atoms with Crippen molar-refractivity contribution in [2.24, 2.45) is 0 Å². The second-order valence-electron chi connectivity index (χ2n) is 6.27. The van der Waals surface area contributed by atoms with Crippen LogP contribution in [0.4, 0.5) is 9.18 Å². The number of amides is 2. The minimum Gasteiger partial charge on any atom is -0.383 e. The third-order valence-electron chi connectivity index (χ3n) is 4.21. The highest BCUT2D eigenvalue weighted by atomic mass is 19.1. The quantitative estimate of drug-likeness (QED) is 0.750. The Labute approximate surface area is 141 Å². The van der Waals surface area contributed by atoms with E-state index in [1.807, 2.05) is 24.8 Å². The smallest absolute Gasteiger partial charge is 0.315 e. The standard InChI is InChI=1S/C16H27FN4O3/c1-4-13(10-23-3)19-16(22)18-7-14-6-12(17)8-21(14)9-15-5-11(2)20-24-15/h5,12-14H,4,6-10H2,1-3H3,(H2,18,19,22)/t12-,13?,14-/m0/s1. The summed E-state index contributed by atoms with van der Waals surface area (Å²) in [6.07, 6.45) is 0.303. The summed E-state index contributed by atoms with van der Waals surface area (Å²) in [6, 6.07) is 1.51. The van der Waals surface area contributed by atoms with Gasteiger partial charge in [-0.15, -0.1) is 0 Å². The normalized spacial score (nSPS) is 22.5. The minimum absolute atomic E-state index is 0.0271. The number of nitrogens with one attached hydrogen (secondary N) is 2. The summed E-state index contributed by atoms with van der Waals surface area (Å²) in [5, 5.41) is 9.53. The van der Waals surface area contributed by atoms with Crippen molar-refractivity contribution < 1.29 is 18.4 Å². The van der Waals surface area contributed by atoms with Crippen molar-refractivity contribution in [1.82, 2.24) is 20.7 Å². The fraction of sp³-hybridized carbons (Fsp3) is 0.750. The van der Waals surface area contributed by atoms with Crippen molar-refractivity contribution in [2.45, 2.75) is 51.5 Å². The van der Waals surface area contributed by atoms with E-state index in [2.05, 4.69) is 15.8 Å². The molecule has 2 rings (SSSR count). The molecule has 0 aromatic carbocycles. The molecule has 7 nitrogen and oxygen atoms in total. The van der Waals surface area contributed by atoms with Crippen LogP contribution in [0.1, 0.15) is 31.2 Å². The number of carbonyl (C=O) groups is 1. The van der Waals surface area contributed by atoms with Crippen molar-refractivity contribution in [2.75, 3.05) is 26.8 Å². The summed E-state index contributed by atoms with van der Waals surface area (Å²) < 4.78 is 24.0. The molecule has 1 aliphatic rings. The van der Waals surface area contributed by atoms with Crippen LogP contribution in [0.15, 0.2) is 10.6 Å². The molecule has 1 fully saturated rings. The molecule has 0 saturated carbocycles. The van der Waals surface area contributed by atoms with Gasteiger partial charge in [0.2, 0.25) is 0 Å². The predicted molar refractivity (Wildman–Crippen MR) is 87.4 cm³/mol. The number of urea groups is 1. The highest BCUT2D eigenvalue weighted by molar-refractivity contribution is 5.74. The van der Waals surface area contributed by atoms with Crippen LogP contribution >= 0.6 is 0 Å². The largest absolute Gasteiger partial charge is 0.383 e. The van der Waals surface area contributed by atoms with Crippen molar-refractivity contribution in [3.8, 4) is 0 Å². The van der Waals surface area contributed by atoms with Crippen LogP contribution in [-0.2, 0) is 11.3 Å². The van der Waals surface area contributed by atoms with Gasteiger partial charge >= 0.3 is 6.03 Å². The molecule has 0 aliphatic carbocycles. The van der Waals surface area contributed by atoms with Crippen LogP contribution < -0.4 is 10.6 Å². The molecule has 2 amide bonds. The van der Waals surface area contributed by atoms with E-state index in [-0.39, 0.29) is 18.1 Å². The molecule has 1 aromatic rings. The SMILES string of the molecule is CCC(COC)NC(=O)NC[C@@H]1C[C@H](F)CN1Cc1cc(C)no1. The van der Waals surface area contributed by atoms with Crippen LogP contribution in [0.3, 0.4) is 0 Å². The molecule has 1 aliphatic heterocycles. The summed E-state index contributed by atoms with van der Waals surface area (Å²) in [5.74, 6) is 0.710. The van der Waals surface area contributed by atoms with Crippen molar-refractivity contribution in [3.63, 3.8) is 0 Å². The van der Waals surface area contributed by atoms with E-state index in [1.165, 1.54) is 0 Å². The molecule has 8 heteroatoms. The number of alkyl halides is 1. The van der Waals surface area contributed by atoms with Crippen LogP contribution in [-0.4, -0.2) is 61.1 Å². The van der Waals surface area contributed by atoms with Crippen molar-refractivity contribution in [1.29, 1.82) is 0 Å². The molecule has 136 valence electrons. The molecule has 0 bridgehead atoms. The van der Waals surface area contributed by atoms with E-state index in [1.54, 1.807) is 7.11 Å². The third kappa shape index (κ3) is 5.45. The molecule has 1 saturated heterocycles. The monoisotopic (exact) mass is 342 g/mol. The fourth-order valence-electron chi connectivity index (χ4n) is 2.93. The van der Waals surface area contributed by atoms with E-state index >= 15 is 0 Å². The number of hydrogen-bond acceptors (Lipinski definition) is 5. The van der Waals surface area contributed by atoms with Crippen LogP contribution in [0.2, 0.25) is 0 Å². The summed E-state index contributed by atoms with van der Waals surface area (Å²) >= 11 is 0. The topological polar surface area (TPSA) is 79.6 Å². The molecule has 24 heavy (non-hydrogen) atoms. The molecule has 0 radical (unpaired) electrons. The molecule has 2 heterocycles. The maximum absolute atomic E-state index is 13.8. The Kier molecular flexibility index (Phi) is 6.99. The third-order valence-corrected chi connectivity index (χ3v) is 4.21. The fourth-order valence-corrected chi connectivity index (χ4v) is 2.93. The maximum atomic E-state index is 13.8. The zero-order valence-electron chi connectivity index (χ0n) is 14.5. The van der Waals surface area contributed by atoms with Gasteiger partial charge in [-0.25, -0.2) is 9.18 Å². The second kappa shape index (κ2) is 8.98. The zero-order valence-corrected chi connectivity index (χ0v) is 14.5. The molecule has 2 N–H and O–H groups in total. The van der Waals surface area contributed by atoms with Gasteiger partial charge in [-0.2, -0.15) is 0 Å². The minimum atomic E-state index is -0.888. The first-order valence-electron chi connectivity index (χ1n) is 8.35. The average Bonchev–Trinajstić information content (AvgIpc) is 3.10. The number of aromatic nitrogens is 1. The first-order valence-corrected chi connectivity index (χ1v) is 8.35. The lowest BCUT2D eigenvalue weighted by molar-refractivity contribution is 0.162. The number of rotatable bonds is 8. The Hall–Kier alpha value is -1.67. The molecule has 0 spiro atoms. The molecule has 1 aromatic heterocycles. The number of ether oxygens (including phenoxy) is 1. The zero-order chi connectivity index (χ0) is 17.5. The van der Waals surface area contributed by atoms with Crippen LogP contribution in [0.5, 0.6) is 0 Å². The Morgan fingerprint density at radius 2 is 2.42 bits per heavy atom. The van der Waals surface area contributed by atoms with Gasteiger partial charge in [0.05, 0.1) is 24.9 Å². The number of carbonyl (C=O) groups excluding carboxylic acids is 1. The van der Waals surface area contributed by atoms with E-state index in [9.17, 15) is 9.18 Å². The number of aryl methyl sites for hydroxylation is 1. The van der Waals surface area contributed by atoms with Gasteiger partial charge in [0.25, 0.3) is 0 Å². The summed E-state index contributed by atoms with van der Waals surface area (Å²) in [6.45, 7) is 5.53. The number of methoxy groups -OCH3 is 1. The van der Waals surface area contributed by atoms with Gasteiger partial charge < -0.3 is 19.9 Å². The first-order chi connectivity index (χ1) is 11.5. The van der Waals surface area contributed by atoms with E-state index in [4.69, 9.17) is 9.26 Å². The van der Waals surface area contributed by atoms with Gasteiger partial charge in [0, 0.05) is 32.3 Å². The molecule has 1 unspecified atom stereocenters. The number of halogens is 1. The number of hydrogen-bond donors (Lipinski definition) is 2. The van der Waals surface area contributed by atoms with Crippen LogP contribution in [0.25, 0.3) is 0 Å². The molecule has 3 atom stereocenters. The lowest BCUT2D eigenvalue weighted by atomic mass is 10.2. The lowest BCUT2D eigenvalue weighted by Gasteiger charge is -2.24. The van der Waals surface area contributed by atoms with Gasteiger partial charge in [-0.05, 0) is 19.8 Å². The number of likely N-dealkylation sites (tertiary alicyclic amines) is 1. The second-order valence-corrected chi connectivity index (χ2v) is 6.27. The lowest BCUT2D eigenvalue weighted by Crippen LogP contribution is -2.47. The van der Waals surface area contributed by atoms with Gasteiger partial charge in [-0.1, -0.05) is 12.1 Å². The maximum Gasteiger partial charge on any atom is 0.315 e.